The Kier molecular flexibility index (Phi) is 3.32. The molecule has 1 N–H and O–H groups in total. The summed E-state index contributed by atoms with van der Waals surface area (Å²) in [6.45, 7) is 3.49. The predicted octanol–water partition coefficient (Wildman–Crippen LogP) is 3.32. The van der Waals surface area contributed by atoms with Crippen LogP contribution in [0.3, 0.4) is 0 Å². The molecule has 64 valence electrons. The third-order valence-corrected chi connectivity index (χ3v) is 2.54. The highest BCUT2D eigenvalue weighted by molar-refractivity contribution is 9.10. The fourth-order valence-electron chi connectivity index (χ4n) is 0.911. The standard InChI is InChI=1S/C9H8BrClO/c1-2-8(12)9-6(10)4-3-5-7(9)11/h2-5,8,12H,1H2. The monoisotopic (exact) mass is 246 g/mol. The van der Waals surface area contributed by atoms with Crippen molar-refractivity contribution in [3.05, 3.63) is 45.9 Å². The van der Waals surface area contributed by atoms with E-state index in [0.29, 0.717) is 10.6 Å². The molecule has 0 fully saturated rings. The van der Waals surface area contributed by atoms with Crippen LogP contribution in [0.5, 0.6) is 0 Å². The molecular weight excluding hydrogens is 239 g/mol. The maximum atomic E-state index is 9.46. The minimum atomic E-state index is -0.715. The molecule has 0 spiro atoms. The van der Waals surface area contributed by atoms with Crippen LogP contribution in [0.2, 0.25) is 5.02 Å². The van der Waals surface area contributed by atoms with Crippen molar-refractivity contribution >= 4 is 27.5 Å². The third kappa shape index (κ3) is 1.89. The molecule has 1 aromatic rings. The first-order valence-electron chi connectivity index (χ1n) is 3.41. The smallest absolute Gasteiger partial charge is 0.0994 e. The Morgan fingerprint density at radius 2 is 2.25 bits per heavy atom. The Hall–Kier alpha value is -0.310. The van der Waals surface area contributed by atoms with Gasteiger partial charge in [0.05, 0.1) is 6.10 Å². The minimum absolute atomic E-state index is 0.539. The maximum Gasteiger partial charge on any atom is 0.0994 e. The fraction of sp³-hybridized carbons (Fsp3) is 0.111. The molecular formula is C9H8BrClO. The summed E-state index contributed by atoms with van der Waals surface area (Å²) >= 11 is 9.16. The lowest BCUT2D eigenvalue weighted by Gasteiger charge is -2.09. The first-order valence-corrected chi connectivity index (χ1v) is 4.58. The van der Waals surface area contributed by atoms with Gasteiger partial charge in [-0.15, -0.1) is 6.58 Å². The van der Waals surface area contributed by atoms with E-state index in [1.807, 2.05) is 12.1 Å². The number of rotatable bonds is 2. The summed E-state index contributed by atoms with van der Waals surface area (Å²) in [7, 11) is 0. The Bertz CT molecular complexity index is 278. The van der Waals surface area contributed by atoms with Crippen LogP contribution in [0.4, 0.5) is 0 Å². The summed E-state index contributed by atoms with van der Waals surface area (Å²) in [5.74, 6) is 0. The van der Waals surface area contributed by atoms with Gasteiger partial charge in [-0.05, 0) is 12.1 Å². The zero-order valence-electron chi connectivity index (χ0n) is 6.30. The van der Waals surface area contributed by atoms with Crippen molar-refractivity contribution in [3.63, 3.8) is 0 Å². The predicted molar refractivity (Wildman–Crippen MR) is 54.3 cm³/mol. The van der Waals surface area contributed by atoms with Crippen LogP contribution in [0, 0.1) is 0 Å². The summed E-state index contributed by atoms with van der Waals surface area (Å²) in [6, 6.07) is 5.37. The lowest BCUT2D eigenvalue weighted by molar-refractivity contribution is 0.228. The Labute approximate surface area is 84.8 Å². The van der Waals surface area contributed by atoms with E-state index in [-0.39, 0.29) is 0 Å². The van der Waals surface area contributed by atoms with E-state index in [1.165, 1.54) is 6.08 Å². The molecule has 1 nitrogen and oxygen atoms in total. The molecule has 0 radical (unpaired) electrons. The molecule has 0 heterocycles. The quantitative estimate of drug-likeness (QED) is 0.795. The topological polar surface area (TPSA) is 20.2 Å². The van der Waals surface area contributed by atoms with E-state index in [9.17, 15) is 5.11 Å². The van der Waals surface area contributed by atoms with Crippen molar-refractivity contribution in [2.24, 2.45) is 0 Å². The summed E-state index contributed by atoms with van der Waals surface area (Å²) in [5, 5.41) is 10.00. The van der Waals surface area contributed by atoms with Gasteiger partial charge in [-0.3, -0.25) is 0 Å². The van der Waals surface area contributed by atoms with Crippen molar-refractivity contribution < 1.29 is 5.11 Å². The van der Waals surface area contributed by atoms with Crippen molar-refractivity contribution in [1.29, 1.82) is 0 Å². The van der Waals surface area contributed by atoms with Crippen molar-refractivity contribution in [2.45, 2.75) is 6.10 Å². The Balaban J connectivity index is 3.20. The van der Waals surface area contributed by atoms with Gasteiger partial charge in [-0.25, -0.2) is 0 Å². The van der Waals surface area contributed by atoms with Gasteiger partial charge in [0.2, 0.25) is 0 Å². The normalized spacial score (nSPS) is 12.6. The van der Waals surface area contributed by atoms with Gasteiger partial charge in [0.25, 0.3) is 0 Å². The molecule has 0 amide bonds. The molecule has 0 saturated heterocycles. The second kappa shape index (κ2) is 4.08. The second-order valence-corrected chi connectivity index (χ2v) is 3.58. The van der Waals surface area contributed by atoms with Gasteiger partial charge in [0.1, 0.15) is 0 Å². The summed E-state index contributed by atoms with van der Waals surface area (Å²) in [5.41, 5.74) is 0.661. The zero-order chi connectivity index (χ0) is 9.14. The number of aliphatic hydroxyl groups is 1. The Morgan fingerprint density at radius 3 is 2.75 bits per heavy atom. The number of hydrogen-bond donors (Lipinski definition) is 1. The molecule has 0 saturated carbocycles. The molecule has 1 rings (SSSR count). The highest BCUT2D eigenvalue weighted by Gasteiger charge is 2.10. The second-order valence-electron chi connectivity index (χ2n) is 2.32. The highest BCUT2D eigenvalue weighted by atomic mass is 79.9. The average Bonchev–Trinajstić information content (AvgIpc) is 2.03. The van der Waals surface area contributed by atoms with E-state index in [1.54, 1.807) is 6.07 Å². The van der Waals surface area contributed by atoms with Gasteiger partial charge < -0.3 is 5.11 Å². The first kappa shape index (κ1) is 9.78. The van der Waals surface area contributed by atoms with E-state index in [4.69, 9.17) is 11.6 Å². The molecule has 3 heteroatoms. The fourth-order valence-corrected chi connectivity index (χ4v) is 1.91. The molecule has 12 heavy (non-hydrogen) atoms. The Morgan fingerprint density at radius 1 is 1.58 bits per heavy atom. The van der Waals surface area contributed by atoms with Gasteiger partial charge in [-0.1, -0.05) is 39.7 Å². The van der Waals surface area contributed by atoms with Crippen LogP contribution < -0.4 is 0 Å². The summed E-state index contributed by atoms with van der Waals surface area (Å²) < 4.78 is 0.794. The first-order chi connectivity index (χ1) is 5.66. The lowest BCUT2D eigenvalue weighted by Crippen LogP contribution is -1.94. The van der Waals surface area contributed by atoms with E-state index < -0.39 is 6.10 Å². The summed E-state index contributed by atoms with van der Waals surface area (Å²) in [4.78, 5) is 0. The molecule has 0 aliphatic rings. The van der Waals surface area contributed by atoms with Crippen molar-refractivity contribution in [1.82, 2.24) is 0 Å². The SMILES string of the molecule is C=CC(O)c1c(Cl)cccc1Br. The molecule has 0 aliphatic heterocycles. The van der Waals surface area contributed by atoms with Crippen LogP contribution >= 0.6 is 27.5 Å². The summed E-state index contributed by atoms with van der Waals surface area (Å²) in [6.07, 6.45) is 0.722. The maximum absolute atomic E-state index is 9.46. The minimum Gasteiger partial charge on any atom is -0.384 e. The molecule has 0 aromatic heterocycles. The van der Waals surface area contributed by atoms with E-state index in [2.05, 4.69) is 22.5 Å². The van der Waals surface area contributed by atoms with Crippen LogP contribution in [-0.4, -0.2) is 5.11 Å². The third-order valence-electron chi connectivity index (χ3n) is 1.52. The van der Waals surface area contributed by atoms with Crippen molar-refractivity contribution in [2.75, 3.05) is 0 Å². The molecule has 1 unspecified atom stereocenters. The number of hydrogen-bond acceptors (Lipinski definition) is 1. The largest absolute Gasteiger partial charge is 0.384 e. The van der Waals surface area contributed by atoms with Gasteiger partial charge >= 0.3 is 0 Å². The van der Waals surface area contributed by atoms with Gasteiger partial charge in [0.15, 0.2) is 0 Å². The lowest BCUT2D eigenvalue weighted by atomic mass is 10.1. The van der Waals surface area contributed by atoms with Crippen LogP contribution in [-0.2, 0) is 0 Å². The molecule has 1 atom stereocenters. The molecule has 0 bridgehead atoms. The van der Waals surface area contributed by atoms with Gasteiger partial charge in [0, 0.05) is 15.1 Å². The van der Waals surface area contributed by atoms with Crippen LogP contribution in [0.15, 0.2) is 35.3 Å². The van der Waals surface area contributed by atoms with E-state index >= 15 is 0 Å². The van der Waals surface area contributed by atoms with E-state index in [0.717, 1.165) is 4.47 Å². The average molecular weight is 248 g/mol. The number of benzene rings is 1. The molecule has 1 aromatic carbocycles. The van der Waals surface area contributed by atoms with Crippen LogP contribution in [0.25, 0.3) is 0 Å². The van der Waals surface area contributed by atoms with Crippen molar-refractivity contribution in [3.8, 4) is 0 Å². The highest BCUT2D eigenvalue weighted by Crippen LogP contribution is 2.30. The van der Waals surface area contributed by atoms with Crippen LogP contribution in [0.1, 0.15) is 11.7 Å². The number of halogens is 2. The zero-order valence-corrected chi connectivity index (χ0v) is 8.64. The molecule has 0 aliphatic carbocycles. The number of aliphatic hydroxyl groups excluding tert-OH is 1. The van der Waals surface area contributed by atoms with Gasteiger partial charge in [-0.2, -0.15) is 0 Å².